The summed E-state index contributed by atoms with van der Waals surface area (Å²) in [5, 5.41) is 2.49. The fourth-order valence-corrected chi connectivity index (χ4v) is 2.82. The monoisotopic (exact) mass is 345 g/mol. The molecule has 0 saturated heterocycles. The van der Waals surface area contributed by atoms with Crippen molar-refractivity contribution in [3.8, 4) is 11.1 Å². The lowest BCUT2D eigenvalue weighted by Gasteiger charge is -2.07. The zero-order valence-electron chi connectivity index (χ0n) is 13.3. The summed E-state index contributed by atoms with van der Waals surface area (Å²) in [5.74, 6) is -1.98. The van der Waals surface area contributed by atoms with E-state index in [0.717, 1.165) is 5.56 Å². The van der Waals surface area contributed by atoms with Crippen LogP contribution in [0.15, 0.2) is 36.7 Å². The first-order valence-electron chi connectivity index (χ1n) is 7.82. The smallest absolute Gasteiger partial charge is 0.231 e. The summed E-state index contributed by atoms with van der Waals surface area (Å²) in [4.78, 5) is 15.8. The Morgan fingerprint density at radius 2 is 2.04 bits per heavy atom. The van der Waals surface area contributed by atoms with Gasteiger partial charge in [0.1, 0.15) is 12.0 Å². The standard InChI is InChI=1S/C18H14F3N3O/c1-9-2-3-11(19)5-12(9)10-4-15(21)17-22-16(8-24(17)7-10)23-18(25)13-6-14(13)20/h2-5,7-8,13-14H,6H2,1H3,(H,23,25). The summed E-state index contributed by atoms with van der Waals surface area (Å²) in [6.45, 7) is 1.81. The number of carbonyl (C=O) groups excluding carboxylic acids is 1. The summed E-state index contributed by atoms with van der Waals surface area (Å²) in [5.41, 5.74) is 1.89. The first-order valence-corrected chi connectivity index (χ1v) is 7.82. The molecule has 1 amide bonds. The normalized spacial score (nSPS) is 19.2. The lowest BCUT2D eigenvalue weighted by atomic mass is 10.0. The first kappa shape index (κ1) is 15.7. The maximum absolute atomic E-state index is 14.4. The Labute approximate surface area is 141 Å². The van der Waals surface area contributed by atoms with E-state index in [1.807, 2.05) is 0 Å². The van der Waals surface area contributed by atoms with Crippen molar-refractivity contribution < 1.29 is 18.0 Å². The lowest BCUT2D eigenvalue weighted by Crippen LogP contribution is -2.15. The number of anilines is 1. The predicted octanol–water partition coefficient (Wildman–Crippen LogP) is 3.88. The molecule has 1 fully saturated rings. The Balaban J connectivity index is 1.72. The van der Waals surface area contributed by atoms with Gasteiger partial charge in [0.15, 0.2) is 17.3 Å². The molecule has 4 rings (SSSR count). The number of aromatic nitrogens is 2. The molecular formula is C18H14F3N3O. The van der Waals surface area contributed by atoms with Crippen LogP contribution in [-0.2, 0) is 4.79 Å². The van der Waals surface area contributed by atoms with Crippen LogP contribution in [0.25, 0.3) is 16.8 Å². The Bertz CT molecular complexity index is 999. The quantitative estimate of drug-likeness (QED) is 0.783. The zero-order valence-corrected chi connectivity index (χ0v) is 13.3. The summed E-state index contributed by atoms with van der Waals surface area (Å²) < 4.78 is 42.3. The van der Waals surface area contributed by atoms with Gasteiger partial charge in [-0.15, -0.1) is 0 Å². The topological polar surface area (TPSA) is 46.4 Å². The van der Waals surface area contributed by atoms with Crippen LogP contribution in [0, 0.1) is 24.5 Å². The molecule has 0 radical (unpaired) electrons. The number of imidazole rings is 1. The van der Waals surface area contributed by atoms with Crippen LogP contribution in [-0.4, -0.2) is 21.5 Å². The third-order valence-corrected chi connectivity index (χ3v) is 4.32. The van der Waals surface area contributed by atoms with E-state index in [1.54, 1.807) is 19.2 Å². The summed E-state index contributed by atoms with van der Waals surface area (Å²) in [6.07, 6.45) is 2.15. The Morgan fingerprint density at radius 3 is 2.76 bits per heavy atom. The summed E-state index contributed by atoms with van der Waals surface area (Å²) in [6, 6.07) is 5.57. The van der Waals surface area contributed by atoms with Crippen molar-refractivity contribution in [2.24, 2.45) is 5.92 Å². The average molecular weight is 345 g/mol. The molecule has 2 heterocycles. The largest absolute Gasteiger partial charge is 0.309 e. The molecule has 1 saturated carbocycles. The van der Waals surface area contributed by atoms with Crippen molar-refractivity contribution in [1.82, 2.24) is 9.38 Å². The molecule has 0 bridgehead atoms. The number of rotatable bonds is 3. The van der Waals surface area contributed by atoms with Gasteiger partial charge in [0.05, 0.1) is 12.1 Å². The Morgan fingerprint density at radius 1 is 1.28 bits per heavy atom. The number of alkyl halides is 1. The minimum absolute atomic E-state index is 0.0284. The van der Waals surface area contributed by atoms with Crippen LogP contribution in [0.3, 0.4) is 0 Å². The van der Waals surface area contributed by atoms with Crippen LogP contribution in [0.1, 0.15) is 12.0 Å². The summed E-state index contributed by atoms with van der Waals surface area (Å²) in [7, 11) is 0. The third kappa shape index (κ3) is 2.86. The fraction of sp³-hybridized carbons (Fsp3) is 0.222. The van der Waals surface area contributed by atoms with Gasteiger partial charge in [-0.05, 0) is 42.7 Å². The van der Waals surface area contributed by atoms with Gasteiger partial charge in [0.25, 0.3) is 0 Å². The molecule has 3 aromatic rings. The van der Waals surface area contributed by atoms with E-state index >= 15 is 0 Å². The van der Waals surface area contributed by atoms with E-state index < -0.39 is 29.6 Å². The van der Waals surface area contributed by atoms with Crippen molar-refractivity contribution in [3.05, 3.63) is 53.9 Å². The molecule has 4 nitrogen and oxygen atoms in total. The molecular weight excluding hydrogens is 331 g/mol. The second-order valence-corrected chi connectivity index (χ2v) is 6.24. The highest BCUT2D eigenvalue weighted by Gasteiger charge is 2.43. The second kappa shape index (κ2) is 5.61. The molecule has 128 valence electrons. The number of benzene rings is 1. The van der Waals surface area contributed by atoms with Gasteiger partial charge in [-0.2, -0.15) is 0 Å². The van der Waals surface area contributed by atoms with Gasteiger partial charge in [-0.3, -0.25) is 4.79 Å². The average Bonchev–Trinajstić information content (AvgIpc) is 3.15. The Hall–Kier alpha value is -2.83. The lowest BCUT2D eigenvalue weighted by molar-refractivity contribution is -0.117. The van der Waals surface area contributed by atoms with Crippen molar-refractivity contribution >= 4 is 17.4 Å². The fourth-order valence-electron chi connectivity index (χ4n) is 2.82. The highest BCUT2D eigenvalue weighted by molar-refractivity contribution is 5.94. The van der Waals surface area contributed by atoms with Crippen LogP contribution < -0.4 is 5.32 Å². The highest BCUT2D eigenvalue weighted by Crippen LogP contribution is 2.34. The van der Waals surface area contributed by atoms with Gasteiger partial charge in [-0.25, -0.2) is 18.2 Å². The van der Waals surface area contributed by atoms with Crippen molar-refractivity contribution in [2.45, 2.75) is 19.5 Å². The van der Waals surface area contributed by atoms with E-state index in [-0.39, 0.29) is 17.9 Å². The number of fused-ring (bicyclic) bond motifs is 1. The second-order valence-electron chi connectivity index (χ2n) is 6.24. The third-order valence-electron chi connectivity index (χ3n) is 4.32. The van der Waals surface area contributed by atoms with Gasteiger partial charge in [0, 0.05) is 11.8 Å². The number of carbonyl (C=O) groups is 1. The number of nitrogens with zero attached hydrogens (tertiary/aromatic N) is 2. The maximum Gasteiger partial charge on any atom is 0.231 e. The van der Waals surface area contributed by atoms with Crippen LogP contribution in [0.5, 0.6) is 0 Å². The molecule has 2 atom stereocenters. The Kier molecular flexibility index (Phi) is 3.52. The van der Waals surface area contributed by atoms with Gasteiger partial charge < -0.3 is 9.72 Å². The molecule has 25 heavy (non-hydrogen) atoms. The number of hydrogen-bond donors (Lipinski definition) is 1. The molecule has 2 unspecified atom stereocenters. The van der Waals surface area contributed by atoms with Crippen molar-refractivity contribution in [1.29, 1.82) is 0 Å². The van der Waals surface area contributed by atoms with E-state index in [9.17, 15) is 18.0 Å². The molecule has 1 aromatic carbocycles. The van der Waals surface area contributed by atoms with E-state index in [4.69, 9.17) is 0 Å². The van der Waals surface area contributed by atoms with E-state index in [0.29, 0.717) is 11.1 Å². The molecule has 7 heteroatoms. The highest BCUT2D eigenvalue weighted by atomic mass is 19.1. The molecule has 1 aliphatic carbocycles. The SMILES string of the molecule is Cc1ccc(F)cc1-c1cc(F)c2nc(NC(=O)C3CC3F)cn2c1. The molecule has 2 aromatic heterocycles. The summed E-state index contributed by atoms with van der Waals surface area (Å²) >= 11 is 0. The minimum Gasteiger partial charge on any atom is -0.309 e. The molecule has 0 aliphatic heterocycles. The molecule has 0 spiro atoms. The number of hydrogen-bond acceptors (Lipinski definition) is 2. The van der Waals surface area contributed by atoms with Gasteiger partial charge in [0.2, 0.25) is 5.91 Å². The van der Waals surface area contributed by atoms with Gasteiger partial charge in [-0.1, -0.05) is 6.07 Å². The van der Waals surface area contributed by atoms with E-state index in [1.165, 1.54) is 28.8 Å². The van der Waals surface area contributed by atoms with Gasteiger partial charge >= 0.3 is 0 Å². The van der Waals surface area contributed by atoms with Crippen molar-refractivity contribution in [3.63, 3.8) is 0 Å². The number of halogens is 3. The number of nitrogens with one attached hydrogen (secondary N) is 1. The number of amides is 1. The van der Waals surface area contributed by atoms with Crippen LogP contribution in [0.4, 0.5) is 19.0 Å². The minimum atomic E-state index is -1.11. The van der Waals surface area contributed by atoms with E-state index in [2.05, 4.69) is 10.3 Å². The molecule has 1 N–H and O–H groups in total. The number of aryl methyl sites for hydroxylation is 1. The van der Waals surface area contributed by atoms with Crippen LogP contribution >= 0.6 is 0 Å². The zero-order chi connectivity index (χ0) is 17.7. The van der Waals surface area contributed by atoms with Crippen molar-refractivity contribution in [2.75, 3.05) is 5.32 Å². The number of pyridine rings is 1. The maximum atomic E-state index is 14.4. The molecule has 1 aliphatic rings. The van der Waals surface area contributed by atoms with Crippen LogP contribution in [0.2, 0.25) is 0 Å². The predicted molar refractivity (Wildman–Crippen MR) is 86.9 cm³/mol. The first-order chi connectivity index (χ1) is 11.9.